The molecule has 0 radical (unpaired) electrons. The van der Waals surface area contributed by atoms with Crippen molar-refractivity contribution in [1.82, 2.24) is 10.6 Å². The molecule has 5 heteroatoms. The Labute approximate surface area is 106 Å². The predicted molar refractivity (Wildman–Crippen MR) is 68.3 cm³/mol. The first kappa shape index (κ1) is 14.2. The molecule has 1 rings (SSSR count). The standard InChI is InChI=1S/C13H18N2O3/c1-9(16)12(15-13(18)8-14-2)7-10-3-5-11(17)6-4-10/h3-6,12,14,17H,7-8H2,1-2H3,(H,15,18)/t12-/m1/s1. The van der Waals surface area contributed by atoms with Gasteiger partial charge < -0.3 is 15.7 Å². The molecule has 1 aromatic carbocycles. The van der Waals surface area contributed by atoms with Crippen LogP contribution in [0.15, 0.2) is 24.3 Å². The van der Waals surface area contributed by atoms with Crippen LogP contribution in [-0.4, -0.2) is 36.4 Å². The second-order valence-electron chi connectivity index (χ2n) is 4.13. The zero-order chi connectivity index (χ0) is 13.5. The fraction of sp³-hybridized carbons (Fsp3) is 0.385. The first-order valence-corrected chi connectivity index (χ1v) is 5.75. The van der Waals surface area contributed by atoms with Crippen LogP contribution in [0.25, 0.3) is 0 Å². The summed E-state index contributed by atoms with van der Waals surface area (Å²) in [6.45, 7) is 1.63. The summed E-state index contributed by atoms with van der Waals surface area (Å²) in [6, 6.07) is 6.05. The van der Waals surface area contributed by atoms with E-state index in [1.165, 1.54) is 6.92 Å². The number of aromatic hydroxyl groups is 1. The van der Waals surface area contributed by atoms with E-state index in [1.807, 2.05) is 0 Å². The average molecular weight is 250 g/mol. The second-order valence-corrected chi connectivity index (χ2v) is 4.13. The van der Waals surface area contributed by atoms with E-state index < -0.39 is 6.04 Å². The number of nitrogens with one attached hydrogen (secondary N) is 2. The van der Waals surface area contributed by atoms with Gasteiger partial charge in [0.1, 0.15) is 5.75 Å². The SMILES string of the molecule is CNCC(=O)N[C@H](Cc1ccc(O)cc1)C(C)=O. The Morgan fingerprint density at radius 2 is 1.89 bits per heavy atom. The first-order valence-electron chi connectivity index (χ1n) is 5.75. The van der Waals surface area contributed by atoms with Crippen molar-refractivity contribution >= 4 is 11.7 Å². The van der Waals surface area contributed by atoms with Crippen LogP contribution in [-0.2, 0) is 16.0 Å². The number of benzene rings is 1. The third-order valence-corrected chi connectivity index (χ3v) is 2.54. The molecule has 0 saturated heterocycles. The monoisotopic (exact) mass is 250 g/mol. The minimum atomic E-state index is -0.532. The van der Waals surface area contributed by atoms with Gasteiger partial charge in [-0.15, -0.1) is 0 Å². The van der Waals surface area contributed by atoms with Gasteiger partial charge in [0.05, 0.1) is 12.6 Å². The fourth-order valence-electron chi connectivity index (χ4n) is 1.57. The van der Waals surface area contributed by atoms with Crippen LogP contribution in [0.4, 0.5) is 0 Å². The lowest BCUT2D eigenvalue weighted by molar-refractivity contribution is -0.126. The largest absolute Gasteiger partial charge is 0.508 e. The number of phenols is 1. The molecule has 0 fully saturated rings. The molecule has 0 heterocycles. The highest BCUT2D eigenvalue weighted by Crippen LogP contribution is 2.11. The Kier molecular flexibility index (Phi) is 5.32. The molecule has 3 N–H and O–H groups in total. The zero-order valence-electron chi connectivity index (χ0n) is 10.6. The minimum Gasteiger partial charge on any atom is -0.508 e. The normalized spacial score (nSPS) is 11.9. The number of hydrogen-bond acceptors (Lipinski definition) is 4. The third-order valence-electron chi connectivity index (χ3n) is 2.54. The summed E-state index contributed by atoms with van der Waals surface area (Å²) in [4.78, 5) is 22.9. The van der Waals surface area contributed by atoms with E-state index in [-0.39, 0.29) is 24.0 Å². The van der Waals surface area contributed by atoms with Gasteiger partial charge in [-0.05, 0) is 38.1 Å². The predicted octanol–water partition coefficient (Wildman–Crippen LogP) is 0.228. The van der Waals surface area contributed by atoms with Gasteiger partial charge in [-0.1, -0.05) is 12.1 Å². The van der Waals surface area contributed by atoms with Gasteiger partial charge in [0.2, 0.25) is 5.91 Å². The highest BCUT2D eigenvalue weighted by Gasteiger charge is 2.17. The molecule has 0 saturated carbocycles. The van der Waals surface area contributed by atoms with Crippen molar-refractivity contribution in [3.8, 4) is 5.75 Å². The van der Waals surface area contributed by atoms with E-state index in [2.05, 4.69) is 10.6 Å². The molecular weight excluding hydrogens is 232 g/mol. The summed E-state index contributed by atoms with van der Waals surface area (Å²) < 4.78 is 0. The van der Waals surface area contributed by atoms with Crippen molar-refractivity contribution in [2.75, 3.05) is 13.6 Å². The summed E-state index contributed by atoms with van der Waals surface area (Å²) in [5.74, 6) is -0.124. The van der Waals surface area contributed by atoms with E-state index in [4.69, 9.17) is 0 Å². The summed E-state index contributed by atoms with van der Waals surface area (Å²) in [5.41, 5.74) is 0.887. The number of hydrogen-bond donors (Lipinski definition) is 3. The number of ketones is 1. The molecule has 98 valence electrons. The Balaban J connectivity index is 2.65. The Morgan fingerprint density at radius 1 is 1.28 bits per heavy atom. The van der Waals surface area contributed by atoms with Crippen molar-refractivity contribution in [1.29, 1.82) is 0 Å². The first-order chi connectivity index (χ1) is 8.52. The van der Waals surface area contributed by atoms with Gasteiger partial charge in [0.15, 0.2) is 5.78 Å². The number of amides is 1. The highest BCUT2D eigenvalue weighted by atomic mass is 16.3. The molecule has 1 atom stereocenters. The number of carbonyl (C=O) groups excluding carboxylic acids is 2. The maximum absolute atomic E-state index is 11.5. The quantitative estimate of drug-likeness (QED) is 0.675. The Hall–Kier alpha value is -1.88. The highest BCUT2D eigenvalue weighted by molar-refractivity contribution is 5.88. The van der Waals surface area contributed by atoms with Crippen LogP contribution in [0.2, 0.25) is 0 Å². The van der Waals surface area contributed by atoms with Gasteiger partial charge >= 0.3 is 0 Å². The molecule has 1 aromatic rings. The molecule has 0 unspecified atom stereocenters. The molecule has 0 aromatic heterocycles. The van der Waals surface area contributed by atoms with E-state index >= 15 is 0 Å². The van der Waals surface area contributed by atoms with Gasteiger partial charge in [0, 0.05) is 0 Å². The summed E-state index contributed by atoms with van der Waals surface area (Å²) in [5, 5.41) is 14.6. The number of likely N-dealkylation sites (N-methyl/N-ethyl adjacent to an activating group) is 1. The van der Waals surface area contributed by atoms with Gasteiger partial charge in [-0.25, -0.2) is 0 Å². The van der Waals surface area contributed by atoms with Crippen molar-refractivity contribution in [3.63, 3.8) is 0 Å². The average Bonchev–Trinajstić information content (AvgIpc) is 2.31. The second kappa shape index (κ2) is 6.76. The van der Waals surface area contributed by atoms with Gasteiger partial charge in [0.25, 0.3) is 0 Å². The maximum atomic E-state index is 11.5. The Morgan fingerprint density at radius 3 is 2.39 bits per heavy atom. The van der Waals surface area contributed by atoms with Crippen LogP contribution in [0.1, 0.15) is 12.5 Å². The third kappa shape index (κ3) is 4.55. The van der Waals surface area contributed by atoms with Crippen molar-refractivity contribution in [3.05, 3.63) is 29.8 Å². The molecule has 5 nitrogen and oxygen atoms in total. The summed E-state index contributed by atoms with van der Waals surface area (Å²) in [6.07, 6.45) is 0.422. The van der Waals surface area contributed by atoms with Crippen LogP contribution in [0.3, 0.4) is 0 Å². The molecule has 0 aliphatic heterocycles. The summed E-state index contributed by atoms with van der Waals surface area (Å²) >= 11 is 0. The van der Waals surface area contributed by atoms with Crippen LogP contribution >= 0.6 is 0 Å². The summed E-state index contributed by atoms with van der Waals surface area (Å²) in [7, 11) is 1.67. The Bertz CT molecular complexity index is 415. The lowest BCUT2D eigenvalue weighted by Crippen LogP contribution is -2.44. The number of phenolic OH excluding ortho intramolecular Hbond substituents is 1. The van der Waals surface area contributed by atoms with E-state index in [0.717, 1.165) is 5.56 Å². The fourth-order valence-corrected chi connectivity index (χ4v) is 1.57. The lowest BCUT2D eigenvalue weighted by atomic mass is 10.0. The molecule has 1 amide bonds. The topological polar surface area (TPSA) is 78.4 Å². The molecule has 0 bridgehead atoms. The van der Waals surface area contributed by atoms with Crippen molar-refractivity contribution in [2.24, 2.45) is 0 Å². The molecule has 0 spiro atoms. The van der Waals surface area contributed by atoms with E-state index in [9.17, 15) is 14.7 Å². The van der Waals surface area contributed by atoms with Crippen molar-refractivity contribution < 1.29 is 14.7 Å². The molecule has 0 aliphatic carbocycles. The van der Waals surface area contributed by atoms with Crippen molar-refractivity contribution in [2.45, 2.75) is 19.4 Å². The minimum absolute atomic E-state index is 0.0903. The number of rotatable bonds is 6. The van der Waals surface area contributed by atoms with Gasteiger partial charge in [-0.3, -0.25) is 9.59 Å². The maximum Gasteiger partial charge on any atom is 0.234 e. The van der Waals surface area contributed by atoms with Gasteiger partial charge in [-0.2, -0.15) is 0 Å². The molecule has 18 heavy (non-hydrogen) atoms. The number of Topliss-reactive ketones (excluding diaryl/α,β-unsaturated/α-hetero) is 1. The zero-order valence-corrected chi connectivity index (χ0v) is 10.6. The lowest BCUT2D eigenvalue weighted by Gasteiger charge is -2.16. The number of carbonyl (C=O) groups is 2. The van der Waals surface area contributed by atoms with E-state index in [0.29, 0.717) is 6.42 Å². The van der Waals surface area contributed by atoms with Crippen LogP contribution < -0.4 is 10.6 Å². The smallest absolute Gasteiger partial charge is 0.234 e. The molecule has 0 aliphatic rings. The van der Waals surface area contributed by atoms with Crippen LogP contribution in [0, 0.1) is 0 Å². The van der Waals surface area contributed by atoms with E-state index in [1.54, 1.807) is 31.3 Å². The molecular formula is C13H18N2O3. The van der Waals surface area contributed by atoms with Crippen LogP contribution in [0.5, 0.6) is 5.75 Å².